The molecule has 3 aromatic rings. The number of halogens is 3. The summed E-state index contributed by atoms with van der Waals surface area (Å²) in [6, 6.07) is 15.3. The van der Waals surface area contributed by atoms with Crippen molar-refractivity contribution in [2.45, 2.75) is 57.6 Å². The van der Waals surface area contributed by atoms with Crippen LogP contribution in [0, 0.1) is 12.7 Å². The fourth-order valence-corrected chi connectivity index (χ4v) is 5.77. The zero-order chi connectivity index (χ0) is 29.6. The van der Waals surface area contributed by atoms with Gasteiger partial charge in [-0.05, 0) is 57.5 Å². The summed E-state index contributed by atoms with van der Waals surface area (Å²) >= 11 is 12.6. The molecular formula is C29H32Cl2FN3O4S. The summed E-state index contributed by atoms with van der Waals surface area (Å²) in [7, 11) is -4.32. The Morgan fingerprint density at radius 2 is 1.62 bits per heavy atom. The van der Waals surface area contributed by atoms with Crippen molar-refractivity contribution in [1.82, 2.24) is 10.2 Å². The van der Waals surface area contributed by atoms with Gasteiger partial charge in [0.2, 0.25) is 11.8 Å². The van der Waals surface area contributed by atoms with Crippen LogP contribution in [0.4, 0.5) is 10.1 Å². The van der Waals surface area contributed by atoms with Crippen molar-refractivity contribution < 1.29 is 22.4 Å². The number of carbonyl (C=O) groups excluding carboxylic acids is 2. The number of amides is 2. The van der Waals surface area contributed by atoms with E-state index in [1.807, 2.05) is 20.8 Å². The molecule has 40 heavy (non-hydrogen) atoms. The smallest absolute Gasteiger partial charge is 0.264 e. The zero-order valence-electron chi connectivity index (χ0n) is 22.7. The van der Waals surface area contributed by atoms with Gasteiger partial charge >= 0.3 is 0 Å². The van der Waals surface area contributed by atoms with Crippen LogP contribution in [0.15, 0.2) is 71.6 Å². The number of nitrogens with zero attached hydrogens (tertiary/aromatic N) is 2. The quantitative estimate of drug-likeness (QED) is 0.291. The molecule has 0 aliphatic carbocycles. The van der Waals surface area contributed by atoms with Crippen molar-refractivity contribution in [2.24, 2.45) is 0 Å². The molecule has 2 amide bonds. The lowest BCUT2D eigenvalue weighted by molar-refractivity contribution is -0.139. The summed E-state index contributed by atoms with van der Waals surface area (Å²) in [5, 5.41) is 2.87. The van der Waals surface area contributed by atoms with Gasteiger partial charge in [0.25, 0.3) is 10.0 Å². The van der Waals surface area contributed by atoms with E-state index < -0.39 is 40.2 Å². The average molecular weight is 609 g/mol. The van der Waals surface area contributed by atoms with E-state index in [1.54, 1.807) is 18.2 Å². The lowest BCUT2D eigenvalue weighted by Crippen LogP contribution is -2.52. The predicted octanol–water partition coefficient (Wildman–Crippen LogP) is 5.97. The first-order valence-electron chi connectivity index (χ1n) is 12.7. The molecule has 7 nitrogen and oxygen atoms in total. The van der Waals surface area contributed by atoms with E-state index in [0.717, 1.165) is 14.8 Å². The fraction of sp³-hybridized carbons (Fsp3) is 0.310. The third-order valence-corrected chi connectivity index (χ3v) is 9.14. The van der Waals surface area contributed by atoms with Gasteiger partial charge in [-0.3, -0.25) is 13.9 Å². The molecule has 0 unspecified atom stereocenters. The maximum absolute atomic E-state index is 14.6. The minimum Gasteiger partial charge on any atom is -0.352 e. The molecule has 11 heteroatoms. The first-order chi connectivity index (χ1) is 18.9. The zero-order valence-corrected chi connectivity index (χ0v) is 25.0. The number of rotatable bonds is 11. The molecule has 1 N–H and O–H groups in total. The molecule has 0 bridgehead atoms. The summed E-state index contributed by atoms with van der Waals surface area (Å²) in [5.41, 5.74) is 1.01. The summed E-state index contributed by atoms with van der Waals surface area (Å²) in [6.45, 7) is 6.08. The fourth-order valence-electron chi connectivity index (χ4n) is 3.89. The minimum atomic E-state index is -4.32. The monoisotopic (exact) mass is 607 g/mol. The van der Waals surface area contributed by atoms with Crippen LogP contribution in [-0.2, 0) is 26.2 Å². The number of hydrogen-bond acceptors (Lipinski definition) is 4. The topological polar surface area (TPSA) is 86.8 Å². The molecule has 2 atom stereocenters. The van der Waals surface area contributed by atoms with Crippen molar-refractivity contribution in [1.29, 1.82) is 0 Å². The van der Waals surface area contributed by atoms with Crippen molar-refractivity contribution in [3.63, 3.8) is 0 Å². The number of anilines is 1. The van der Waals surface area contributed by atoms with Gasteiger partial charge in [0, 0.05) is 18.2 Å². The maximum Gasteiger partial charge on any atom is 0.264 e. The lowest BCUT2D eigenvalue weighted by atomic mass is 10.1. The van der Waals surface area contributed by atoms with Gasteiger partial charge in [-0.2, -0.15) is 0 Å². The van der Waals surface area contributed by atoms with Crippen LogP contribution in [0.5, 0.6) is 0 Å². The molecule has 0 heterocycles. The Kier molecular flexibility index (Phi) is 10.6. The molecule has 0 spiro atoms. The molecule has 0 aliphatic heterocycles. The van der Waals surface area contributed by atoms with Crippen molar-refractivity contribution >= 4 is 50.7 Å². The molecule has 0 fully saturated rings. The Hall–Kier alpha value is -3.14. The Bertz CT molecular complexity index is 1470. The largest absolute Gasteiger partial charge is 0.352 e. The highest BCUT2D eigenvalue weighted by Crippen LogP contribution is 2.35. The summed E-state index contributed by atoms with van der Waals surface area (Å²) in [5.74, 6) is -1.74. The number of aryl methyl sites for hydroxylation is 1. The van der Waals surface area contributed by atoms with Gasteiger partial charge < -0.3 is 10.2 Å². The van der Waals surface area contributed by atoms with Crippen LogP contribution in [-0.4, -0.2) is 43.8 Å². The molecule has 0 aromatic heterocycles. The Labute approximate surface area is 244 Å². The van der Waals surface area contributed by atoms with Gasteiger partial charge in [-0.25, -0.2) is 12.8 Å². The van der Waals surface area contributed by atoms with Crippen LogP contribution in [0.1, 0.15) is 38.3 Å². The summed E-state index contributed by atoms with van der Waals surface area (Å²) in [6.07, 6.45) is 0.662. The van der Waals surface area contributed by atoms with Crippen molar-refractivity contribution in [2.75, 3.05) is 10.8 Å². The molecule has 214 valence electrons. The Morgan fingerprint density at radius 3 is 2.25 bits per heavy atom. The van der Waals surface area contributed by atoms with Crippen molar-refractivity contribution in [3.05, 3.63) is 93.7 Å². The number of carbonyl (C=O) groups is 2. The maximum atomic E-state index is 14.6. The van der Waals surface area contributed by atoms with Crippen molar-refractivity contribution in [3.8, 4) is 0 Å². The van der Waals surface area contributed by atoms with E-state index >= 15 is 0 Å². The highest BCUT2D eigenvalue weighted by Gasteiger charge is 2.34. The van der Waals surface area contributed by atoms with Gasteiger partial charge in [0.1, 0.15) is 18.4 Å². The third kappa shape index (κ3) is 7.33. The standard InChI is InChI=1S/C29H32Cl2FN3O4S/c1-5-20(3)33-29(37)21(4)34(17-22-9-6-7-11-25(22)32)27(36)18-35(26-12-8-10-24(30)28(26)31)40(38,39)23-15-13-19(2)14-16-23/h6-16,20-21H,5,17-18H2,1-4H3,(H,33,37)/t20-,21-/m1/s1. The average Bonchev–Trinajstić information content (AvgIpc) is 2.92. The van der Waals surface area contributed by atoms with Crippen LogP contribution in [0.25, 0.3) is 0 Å². The second kappa shape index (κ2) is 13.5. The summed E-state index contributed by atoms with van der Waals surface area (Å²) in [4.78, 5) is 28.1. The Morgan fingerprint density at radius 1 is 0.975 bits per heavy atom. The van der Waals surface area contributed by atoms with Crippen LogP contribution < -0.4 is 9.62 Å². The highest BCUT2D eigenvalue weighted by molar-refractivity contribution is 7.92. The Balaban J connectivity index is 2.08. The SMILES string of the molecule is CC[C@@H](C)NC(=O)[C@@H](C)N(Cc1ccccc1F)C(=O)CN(c1cccc(Cl)c1Cl)S(=O)(=O)c1ccc(C)cc1. The number of nitrogens with one attached hydrogen (secondary N) is 1. The number of sulfonamides is 1. The second-order valence-corrected chi connectivity index (χ2v) is 12.2. The molecule has 3 rings (SSSR count). The molecule has 0 radical (unpaired) electrons. The lowest BCUT2D eigenvalue weighted by Gasteiger charge is -2.32. The van der Waals surface area contributed by atoms with E-state index in [-0.39, 0.29) is 38.8 Å². The van der Waals surface area contributed by atoms with E-state index in [2.05, 4.69) is 5.32 Å². The molecular weight excluding hydrogens is 576 g/mol. The normalized spacial score (nSPS) is 12.9. The number of hydrogen-bond donors (Lipinski definition) is 1. The van der Waals surface area contributed by atoms with E-state index in [4.69, 9.17) is 23.2 Å². The molecule has 0 saturated heterocycles. The number of benzene rings is 3. The van der Waals surface area contributed by atoms with Crippen LogP contribution in [0.2, 0.25) is 10.0 Å². The van der Waals surface area contributed by atoms with Gasteiger partial charge in [0.15, 0.2) is 0 Å². The van der Waals surface area contributed by atoms with E-state index in [0.29, 0.717) is 6.42 Å². The van der Waals surface area contributed by atoms with Crippen LogP contribution in [0.3, 0.4) is 0 Å². The summed E-state index contributed by atoms with van der Waals surface area (Å²) < 4.78 is 43.3. The van der Waals surface area contributed by atoms with Gasteiger partial charge in [-0.15, -0.1) is 0 Å². The van der Waals surface area contributed by atoms with Gasteiger partial charge in [-0.1, -0.05) is 72.1 Å². The molecule has 0 aliphatic rings. The first-order valence-corrected chi connectivity index (χ1v) is 14.9. The van der Waals surface area contributed by atoms with E-state index in [1.165, 1.54) is 55.5 Å². The highest BCUT2D eigenvalue weighted by atomic mass is 35.5. The molecule has 3 aromatic carbocycles. The van der Waals surface area contributed by atoms with Crippen LogP contribution >= 0.6 is 23.2 Å². The second-order valence-electron chi connectivity index (χ2n) is 9.50. The predicted molar refractivity (Wildman–Crippen MR) is 156 cm³/mol. The minimum absolute atomic E-state index is 0.00866. The molecule has 0 saturated carbocycles. The van der Waals surface area contributed by atoms with Gasteiger partial charge in [0.05, 0.1) is 20.6 Å². The third-order valence-electron chi connectivity index (χ3n) is 6.55. The van der Waals surface area contributed by atoms with E-state index in [9.17, 15) is 22.4 Å². The first kappa shape index (κ1) is 31.4.